The van der Waals surface area contributed by atoms with E-state index in [0.717, 1.165) is 25.9 Å². The number of H-pyrrole nitrogens is 1. The van der Waals surface area contributed by atoms with Gasteiger partial charge in [-0.2, -0.15) is 5.10 Å². The first-order chi connectivity index (χ1) is 16.2. The van der Waals surface area contributed by atoms with E-state index in [0.29, 0.717) is 39.1 Å². The van der Waals surface area contributed by atoms with Crippen LogP contribution in [-0.2, 0) is 0 Å². The highest BCUT2D eigenvalue weighted by Crippen LogP contribution is 2.27. The minimum atomic E-state index is -0.464. The van der Waals surface area contributed by atoms with E-state index >= 15 is 0 Å². The molecule has 1 fully saturated rings. The fourth-order valence-electron chi connectivity index (χ4n) is 4.32. The Morgan fingerprint density at radius 3 is 2.58 bits per heavy atom. The summed E-state index contributed by atoms with van der Waals surface area (Å²) in [4.78, 5) is 45.9. The van der Waals surface area contributed by atoms with Crippen LogP contribution in [0.3, 0.4) is 0 Å². The minimum Gasteiger partial charge on any atom is -0.317 e. The molecule has 11 nitrogen and oxygen atoms in total. The van der Waals surface area contributed by atoms with Gasteiger partial charge >= 0.3 is 5.69 Å². The summed E-state index contributed by atoms with van der Waals surface area (Å²) in [7, 11) is 0. The molecule has 33 heavy (non-hydrogen) atoms. The Kier molecular flexibility index (Phi) is 4.54. The number of fused-ring (bicyclic) bond motifs is 3. The van der Waals surface area contributed by atoms with Crippen molar-refractivity contribution in [2.75, 3.05) is 13.1 Å². The Balaban J connectivity index is 1.56. The molecule has 6 rings (SSSR count). The molecule has 0 aliphatic carbocycles. The first kappa shape index (κ1) is 19.4. The third kappa shape index (κ3) is 3.29. The van der Waals surface area contributed by atoms with Crippen molar-refractivity contribution < 1.29 is 0 Å². The molecule has 1 saturated heterocycles. The van der Waals surface area contributed by atoms with Crippen molar-refractivity contribution in [1.82, 2.24) is 44.6 Å². The Morgan fingerprint density at radius 1 is 1.00 bits per heavy atom. The molecule has 2 N–H and O–H groups in total. The van der Waals surface area contributed by atoms with E-state index in [9.17, 15) is 9.59 Å². The molecular weight excluding hydrogens is 422 g/mol. The van der Waals surface area contributed by atoms with Crippen LogP contribution in [0.5, 0.6) is 0 Å². The van der Waals surface area contributed by atoms with Crippen LogP contribution in [0.2, 0.25) is 0 Å². The van der Waals surface area contributed by atoms with Crippen LogP contribution in [-0.4, -0.2) is 52.4 Å². The standard InChI is InChI=1S/C22H19N9O2/c32-20-15-12-24-17-3-2-16(13-10-25-21(26-11-13)30-9-1-6-27-30)28-18(17)19(15)31(22(33)29-20)14-4-7-23-8-5-14/h1-3,6,9-12,14,23H,4-5,7-8H2,(H,29,32,33). The first-order valence-corrected chi connectivity index (χ1v) is 10.7. The molecule has 0 unspecified atom stereocenters. The molecule has 0 aromatic carbocycles. The Morgan fingerprint density at radius 2 is 1.82 bits per heavy atom. The van der Waals surface area contributed by atoms with Gasteiger partial charge < -0.3 is 5.32 Å². The summed E-state index contributed by atoms with van der Waals surface area (Å²) >= 11 is 0. The van der Waals surface area contributed by atoms with Crippen LogP contribution < -0.4 is 16.6 Å². The monoisotopic (exact) mass is 441 g/mol. The highest BCUT2D eigenvalue weighted by Gasteiger charge is 2.22. The van der Waals surface area contributed by atoms with E-state index in [4.69, 9.17) is 4.98 Å². The van der Waals surface area contributed by atoms with Gasteiger partial charge in [0.05, 0.1) is 22.1 Å². The number of hydrogen-bond donors (Lipinski definition) is 2. The van der Waals surface area contributed by atoms with Gasteiger partial charge in [-0.05, 0) is 44.1 Å². The molecule has 0 radical (unpaired) electrons. The number of piperidine rings is 1. The summed E-state index contributed by atoms with van der Waals surface area (Å²) in [6.07, 6.45) is 9.84. The lowest BCUT2D eigenvalue weighted by Gasteiger charge is -2.26. The molecule has 6 heterocycles. The number of rotatable bonds is 3. The molecule has 0 spiro atoms. The molecule has 11 heteroatoms. The number of pyridine rings is 2. The van der Waals surface area contributed by atoms with E-state index in [1.807, 2.05) is 12.1 Å². The van der Waals surface area contributed by atoms with Crippen molar-refractivity contribution in [1.29, 1.82) is 0 Å². The average molecular weight is 441 g/mol. The molecule has 0 saturated carbocycles. The Hall–Kier alpha value is -4.25. The fourth-order valence-corrected chi connectivity index (χ4v) is 4.32. The highest BCUT2D eigenvalue weighted by molar-refractivity contribution is 6.01. The number of aromatic nitrogens is 8. The Bertz CT molecular complexity index is 1580. The predicted molar refractivity (Wildman–Crippen MR) is 121 cm³/mol. The van der Waals surface area contributed by atoms with Crippen molar-refractivity contribution in [2.45, 2.75) is 18.9 Å². The average Bonchev–Trinajstić information content (AvgIpc) is 3.39. The van der Waals surface area contributed by atoms with Crippen LogP contribution in [0.1, 0.15) is 18.9 Å². The molecule has 1 aliphatic heterocycles. The van der Waals surface area contributed by atoms with Gasteiger partial charge in [-0.25, -0.2) is 24.4 Å². The van der Waals surface area contributed by atoms with Crippen LogP contribution in [0.25, 0.3) is 39.1 Å². The first-order valence-electron chi connectivity index (χ1n) is 10.7. The van der Waals surface area contributed by atoms with Crippen LogP contribution in [0, 0.1) is 0 Å². The second-order valence-corrected chi connectivity index (χ2v) is 7.92. The molecule has 5 aromatic rings. The van der Waals surface area contributed by atoms with E-state index in [1.165, 1.54) is 6.20 Å². The molecule has 0 atom stereocenters. The maximum atomic E-state index is 12.9. The fraction of sp³-hybridized carbons (Fsp3) is 0.227. The molecule has 0 bridgehead atoms. The van der Waals surface area contributed by atoms with Crippen molar-refractivity contribution in [3.63, 3.8) is 0 Å². The lowest BCUT2D eigenvalue weighted by molar-refractivity contribution is 0.365. The third-order valence-corrected chi connectivity index (χ3v) is 5.93. The quantitative estimate of drug-likeness (QED) is 0.399. The van der Waals surface area contributed by atoms with Gasteiger partial charge in [-0.1, -0.05) is 0 Å². The zero-order valence-electron chi connectivity index (χ0n) is 17.5. The molecule has 1 aliphatic rings. The lowest BCUT2D eigenvalue weighted by Crippen LogP contribution is -2.38. The topological polar surface area (TPSA) is 136 Å². The Labute approximate surface area is 186 Å². The van der Waals surface area contributed by atoms with Gasteiger partial charge in [0, 0.05) is 42.6 Å². The number of nitrogens with zero attached hydrogens (tertiary/aromatic N) is 7. The number of aromatic amines is 1. The van der Waals surface area contributed by atoms with Crippen molar-refractivity contribution in [3.8, 4) is 17.2 Å². The van der Waals surface area contributed by atoms with Crippen LogP contribution in [0.4, 0.5) is 0 Å². The van der Waals surface area contributed by atoms with Gasteiger partial charge in [-0.15, -0.1) is 0 Å². The summed E-state index contributed by atoms with van der Waals surface area (Å²) in [5, 5.41) is 7.79. The smallest absolute Gasteiger partial charge is 0.317 e. The zero-order chi connectivity index (χ0) is 22.4. The molecule has 164 valence electrons. The van der Waals surface area contributed by atoms with E-state index in [1.54, 1.807) is 40.1 Å². The molecule has 0 amide bonds. The van der Waals surface area contributed by atoms with Crippen molar-refractivity contribution in [3.05, 3.63) is 70.0 Å². The third-order valence-electron chi connectivity index (χ3n) is 5.93. The molecular formula is C22H19N9O2. The summed E-state index contributed by atoms with van der Waals surface area (Å²) in [6.45, 7) is 1.61. The van der Waals surface area contributed by atoms with Gasteiger partial charge in [0.15, 0.2) is 0 Å². The summed E-state index contributed by atoms with van der Waals surface area (Å²) < 4.78 is 3.24. The largest absolute Gasteiger partial charge is 0.329 e. The van der Waals surface area contributed by atoms with Crippen molar-refractivity contribution >= 4 is 21.9 Å². The normalized spacial score (nSPS) is 14.8. The maximum absolute atomic E-state index is 12.9. The van der Waals surface area contributed by atoms with Gasteiger partial charge in [0.2, 0.25) is 5.95 Å². The van der Waals surface area contributed by atoms with E-state index in [2.05, 4.69) is 30.4 Å². The number of nitrogens with one attached hydrogen (secondary N) is 2. The second-order valence-electron chi connectivity index (χ2n) is 7.92. The summed E-state index contributed by atoms with van der Waals surface area (Å²) in [5.74, 6) is 0.447. The zero-order valence-corrected chi connectivity index (χ0v) is 17.5. The SMILES string of the molecule is O=c1[nH]c(=O)n(C2CCNCC2)c2c1cnc1ccc(-c3cnc(-n4cccn4)nc3)nc12. The van der Waals surface area contributed by atoms with E-state index in [-0.39, 0.29) is 6.04 Å². The second kappa shape index (κ2) is 7.71. The van der Waals surface area contributed by atoms with Crippen LogP contribution in [0.15, 0.2) is 58.8 Å². The number of hydrogen-bond acceptors (Lipinski definition) is 8. The van der Waals surface area contributed by atoms with Gasteiger partial charge in [0.1, 0.15) is 5.52 Å². The predicted octanol–water partition coefficient (Wildman–Crippen LogP) is 1.20. The summed E-state index contributed by atoms with van der Waals surface area (Å²) in [6, 6.07) is 5.42. The van der Waals surface area contributed by atoms with Gasteiger partial charge in [0.25, 0.3) is 5.56 Å². The van der Waals surface area contributed by atoms with Crippen LogP contribution >= 0.6 is 0 Å². The van der Waals surface area contributed by atoms with Gasteiger partial charge in [-0.3, -0.25) is 19.3 Å². The minimum absolute atomic E-state index is 0.0363. The maximum Gasteiger partial charge on any atom is 0.329 e. The van der Waals surface area contributed by atoms with E-state index < -0.39 is 11.2 Å². The summed E-state index contributed by atoms with van der Waals surface area (Å²) in [5.41, 5.74) is 2.05. The highest BCUT2D eigenvalue weighted by atomic mass is 16.2. The molecule has 5 aromatic heterocycles. The lowest BCUT2D eigenvalue weighted by atomic mass is 10.1. The van der Waals surface area contributed by atoms with Crippen molar-refractivity contribution in [2.24, 2.45) is 0 Å².